The van der Waals surface area contributed by atoms with Crippen LogP contribution in [0.15, 0.2) is 23.1 Å². The van der Waals surface area contributed by atoms with Crippen LogP contribution in [-0.4, -0.2) is 55.8 Å². The number of rotatable bonds is 7. The van der Waals surface area contributed by atoms with Crippen molar-refractivity contribution in [3.63, 3.8) is 0 Å². The highest BCUT2D eigenvalue weighted by Gasteiger charge is 2.17. The van der Waals surface area contributed by atoms with Gasteiger partial charge < -0.3 is 24.3 Å². The summed E-state index contributed by atoms with van der Waals surface area (Å²) in [5, 5.41) is 4.00. The number of carbonyl (C=O) groups excluding carboxylic acids is 1. The Morgan fingerprint density at radius 1 is 1.03 bits per heavy atom. The van der Waals surface area contributed by atoms with E-state index in [4.69, 9.17) is 9.47 Å². The Morgan fingerprint density at radius 3 is 2.28 bits per heavy atom. The molecule has 1 aliphatic rings. The zero-order valence-electron chi connectivity index (χ0n) is 17.6. The van der Waals surface area contributed by atoms with Crippen molar-refractivity contribution in [1.29, 1.82) is 0 Å². The molecule has 0 aliphatic carbocycles. The summed E-state index contributed by atoms with van der Waals surface area (Å²) < 4.78 is 12.1. The van der Waals surface area contributed by atoms with Crippen LogP contribution in [0, 0.1) is 0 Å². The average Bonchev–Trinajstić information content (AvgIpc) is 3.01. The molecular weight excluding hydrogens is 370 g/mol. The summed E-state index contributed by atoms with van der Waals surface area (Å²) in [6, 6.07) is 3.33. The molecule has 1 aromatic carbocycles. The van der Waals surface area contributed by atoms with Crippen molar-refractivity contribution in [2.45, 2.75) is 32.1 Å². The number of likely N-dealkylation sites (tertiary alicyclic amines) is 1. The van der Waals surface area contributed by atoms with Crippen molar-refractivity contribution in [2.24, 2.45) is 7.05 Å². The maximum Gasteiger partial charge on any atom is 0.258 e. The number of nitrogens with zero attached hydrogens (tertiary/aromatic N) is 2. The molecule has 1 amide bonds. The van der Waals surface area contributed by atoms with Crippen LogP contribution >= 0.6 is 0 Å². The molecule has 1 saturated heterocycles. The van der Waals surface area contributed by atoms with Gasteiger partial charge >= 0.3 is 0 Å². The number of methoxy groups -OCH3 is 2. The van der Waals surface area contributed by atoms with E-state index in [0.717, 1.165) is 26.1 Å². The van der Waals surface area contributed by atoms with Gasteiger partial charge in [0.25, 0.3) is 11.5 Å². The second kappa shape index (κ2) is 9.78. The summed E-state index contributed by atoms with van der Waals surface area (Å²) in [4.78, 5) is 27.9. The lowest BCUT2D eigenvalue weighted by atomic mass is 10.1. The largest absolute Gasteiger partial charge is 0.493 e. The molecule has 1 fully saturated rings. The first-order chi connectivity index (χ1) is 14.0. The van der Waals surface area contributed by atoms with Gasteiger partial charge in [-0.2, -0.15) is 0 Å². The second-order valence-electron chi connectivity index (χ2n) is 7.58. The Bertz CT molecular complexity index is 914. The Balaban J connectivity index is 1.74. The van der Waals surface area contributed by atoms with Crippen molar-refractivity contribution in [3.05, 3.63) is 34.2 Å². The SMILES string of the molecule is COc1cc2c(C(=O)NCCCN3CCCCCC3)cn(C)c(=O)c2cc1OC. The molecule has 2 heterocycles. The topological polar surface area (TPSA) is 72.8 Å². The lowest BCUT2D eigenvalue weighted by molar-refractivity contribution is 0.0952. The van der Waals surface area contributed by atoms with Crippen LogP contribution in [0.2, 0.25) is 0 Å². The summed E-state index contributed by atoms with van der Waals surface area (Å²) >= 11 is 0. The molecule has 1 N–H and O–H groups in total. The van der Waals surface area contributed by atoms with Crippen LogP contribution in [0.1, 0.15) is 42.5 Å². The van der Waals surface area contributed by atoms with E-state index in [2.05, 4.69) is 10.2 Å². The second-order valence-corrected chi connectivity index (χ2v) is 7.58. The minimum absolute atomic E-state index is 0.182. The normalized spacial score (nSPS) is 15.1. The Labute approximate surface area is 171 Å². The molecule has 0 saturated carbocycles. The third-order valence-corrected chi connectivity index (χ3v) is 5.57. The first-order valence-electron chi connectivity index (χ1n) is 10.3. The number of aromatic nitrogens is 1. The fourth-order valence-electron chi connectivity index (χ4n) is 3.93. The molecule has 0 bridgehead atoms. The maximum atomic E-state index is 12.9. The van der Waals surface area contributed by atoms with Gasteiger partial charge in [-0.25, -0.2) is 0 Å². The molecule has 3 rings (SSSR count). The standard InChI is InChI=1S/C22H31N3O4/c1-24-15-18(16-13-19(28-2)20(29-3)14-17(16)22(24)27)21(26)23-9-8-12-25-10-6-4-5-7-11-25/h13-15H,4-12H2,1-3H3,(H,23,26). The van der Waals surface area contributed by atoms with E-state index in [-0.39, 0.29) is 11.5 Å². The zero-order valence-corrected chi connectivity index (χ0v) is 17.6. The summed E-state index contributed by atoms with van der Waals surface area (Å²) in [5.74, 6) is 0.768. The van der Waals surface area contributed by atoms with E-state index in [1.807, 2.05) is 0 Å². The number of benzene rings is 1. The summed E-state index contributed by atoms with van der Waals surface area (Å²) in [5.41, 5.74) is 0.275. The van der Waals surface area contributed by atoms with Gasteiger partial charge in [0.05, 0.1) is 25.2 Å². The predicted octanol–water partition coefficient (Wildman–Crippen LogP) is 2.55. The fourth-order valence-corrected chi connectivity index (χ4v) is 3.93. The summed E-state index contributed by atoms with van der Waals surface area (Å²) in [7, 11) is 4.71. The molecular formula is C22H31N3O4. The van der Waals surface area contributed by atoms with Crippen molar-refractivity contribution in [3.8, 4) is 11.5 Å². The van der Waals surface area contributed by atoms with Gasteiger partial charge in [-0.3, -0.25) is 9.59 Å². The van der Waals surface area contributed by atoms with Crippen molar-refractivity contribution in [1.82, 2.24) is 14.8 Å². The molecule has 2 aromatic rings. The Hall–Kier alpha value is -2.54. The number of nitrogens with one attached hydrogen (secondary N) is 1. The smallest absolute Gasteiger partial charge is 0.258 e. The third-order valence-electron chi connectivity index (χ3n) is 5.57. The summed E-state index contributed by atoms with van der Waals surface area (Å²) in [6.45, 7) is 3.91. The fraction of sp³-hybridized carbons (Fsp3) is 0.545. The van der Waals surface area contributed by atoms with Crippen LogP contribution < -0.4 is 20.3 Å². The third kappa shape index (κ3) is 4.90. The Morgan fingerprint density at radius 2 is 1.66 bits per heavy atom. The molecule has 1 aromatic heterocycles. The van der Waals surface area contributed by atoms with E-state index >= 15 is 0 Å². The lowest BCUT2D eigenvalue weighted by Gasteiger charge is -2.19. The highest BCUT2D eigenvalue weighted by molar-refractivity contribution is 6.07. The van der Waals surface area contributed by atoms with Crippen LogP contribution in [0.5, 0.6) is 11.5 Å². The minimum atomic E-state index is -0.186. The first-order valence-corrected chi connectivity index (χ1v) is 10.3. The van der Waals surface area contributed by atoms with E-state index in [0.29, 0.717) is 34.4 Å². The molecule has 1 aliphatic heterocycles. The minimum Gasteiger partial charge on any atom is -0.493 e. The van der Waals surface area contributed by atoms with Crippen LogP contribution in [0.3, 0.4) is 0 Å². The zero-order chi connectivity index (χ0) is 20.8. The van der Waals surface area contributed by atoms with Crippen molar-refractivity contribution in [2.75, 3.05) is 40.4 Å². The number of ether oxygens (including phenoxy) is 2. The van der Waals surface area contributed by atoms with E-state index in [1.54, 1.807) is 25.4 Å². The van der Waals surface area contributed by atoms with Gasteiger partial charge in [0, 0.05) is 25.2 Å². The number of hydrogen-bond acceptors (Lipinski definition) is 5. The molecule has 0 spiro atoms. The number of fused-ring (bicyclic) bond motifs is 1. The van der Waals surface area contributed by atoms with Gasteiger partial charge in [-0.15, -0.1) is 0 Å². The monoisotopic (exact) mass is 401 g/mol. The van der Waals surface area contributed by atoms with E-state index < -0.39 is 0 Å². The lowest BCUT2D eigenvalue weighted by Crippen LogP contribution is -2.31. The number of pyridine rings is 1. The van der Waals surface area contributed by atoms with Gasteiger partial charge in [0.15, 0.2) is 11.5 Å². The average molecular weight is 402 g/mol. The van der Waals surface area contributed by atoms with Crippen LogP contribution in [0.4, 0.5) is 0 Å². The number of carbonyl (C=O) groups is 1. The van der Waals surface area contributed by atoms with Crippen LogP contribution in [0.25, 0.3) is 10.8 Å². The molecule has 0 unspecified atom stereocenters. The van der Waals surface area contributed by atoms with E-state index in [1.165, 1.54) is 44.5 Å². The predicted molar refractivity (Wildman–Crippen MR) is 114 cm³/mol. The summed E-state index contributed by atoms with van der Waals surface area (Å²) in [6.07, 6.45) is 7.67. The number of aryl methyl sites for hydroxylation is 1. The molecule has 158 valence electrons. The first kappa shape index (κ1) is 21.2. The molecule has 29 heavy (non-hydrogen) atoms. The highest BCUT2D eigenvalue weighted by atomic mass is 16.5. The quantitative estimate of drug-likeness (QED) is 0.722. The van der Waals surface area contributed by atoms with Gasteiger partial charge in [-0.05, 0) is 51.0 Å². The molecule has 0 radical (unpaired) electrons. The van der Waals surface area contributed by atoms with Crippen LogP contribution in [-0.2, 0) is 7.05 Å². The van der Waals surface area contributed by atoms with E-state index in [9.17, 15) is 9.59 Å². The maximum absolute atomic E-state index is 12.9. The number of amides is 1. The molecule has 7 heteroatoms. The van der Waals surface area contributed by atoms with Crippen molar-refractivity contribution >= 4 is 16.7 Å². The van der Waals surface area contributed by atoms with Gasteiger partial charge in [-0.1, -0.05) is 12.8 Å². The van der Waals surface area contributed by atoms with Crippen molar-refractivity contribution < 1.29 is 14.3 Å². The molecule has 0 atom stereocenters. The van der Waals surface area contributed by atoms with Gasteiger partial charge in [0.1, 0.15) is 0 Å². The highest BCUT2D eigenvalue weighted by Crippen LogP contribution is 2.32. The molecule has 7 nitrogen and oxygen atoms in total. The number of hydrogen-bond donors (Lipinski definition) is 1. The van der Waals surface area contributed by atoms with Gasteiger partial charge in [0.2, 0.25) is 0 Å². The Kier molecular flexibility index (Phi) is 7.14.